The molecule has 0 N–H and O–H groups in total. The molecule has 1 amide bonds. The van der Waals surface area contributed by atoms with E-state index in [9.17, 15) is 9.18 Å². The third-order valence-electron chi connectivity index (χ3n) is 5.53. The van der Waals surface area contributed by atoms with Gasteiger partial charge in [-0.2, -0.15) is 0 Å². The number of fused-ring (bicyclic) bond motifs is 1. The van der Waals surface area contributed by atoms with Crippen molar-refractivity contribution in [1.82, 2.24) is 4.90 Å². The number of nitrogens with zero attached hydrogens (tertiary/aromatic N) is 3. The number of halogens is 1. The zero-order chi connectivity index (χ0) is 19.5. The molecule has 0 spiro atoms. The van der Waals surface area contributed by atoms with E-state index < -0.39 is 0 Å². The molecular formula is C22H26FN3OS. The van der Waals surface area contributed by atoms with E-state index in [1.807, 2.05) is 22.7 Å². The molecule has 1 fully saturated rings. The molecule has 6 heteroatoms. The molecule has 28 heavy (non-hydrogen) atoms. The summed E-state index contributed by atoms with van der Waals surface area (Å²) in [5.74, 6) is -0.0294. The van der Waals surface area contributed by atoms with Crippen molar-refractivity contribution in [3.63, 3.8) is 0 Å². The molecule has 0 radical (unpaired) electrons. The van der Waals surface area contributed by atoms with Crippen molar-refractivity contribution in [3.05, 3.63) is 54.3 Å². The Kier molecular flexibility index (Phi) is 5.76. The maximum absolute atomic E-state index is 13.1. The highest BCUT2D eigenvalue weighted by Crippen LogP contribution is 2.39. The van der Waals surface area contributed by atoms with Gasteiger partial charge in [-0.25, -0.2) is 4.39 Å². The summed E-state index contributed by atoms with van der Waals surface area (Å²) >= 11 is 1.92. The van der Waals surface area contributed by atoms with E-state index in [0.717, 1.165) is 31.7 Å². The molecule has 1 saturated heterocycles. The van der Waals surface area contributed by atoms with Crippen LogP contribution in [0.3, 0.4) is 0 Å². The Labute approximate surface area is 170 Å². The molecule has 2 aromatic carbocycles. The van der Waals surface area contributed by atoms with Gasteiger partial charge in [-0.15, -0.1) is 11.8 Å². The van der Waals surface area contributed by atoms with Gasteiger partial charge in [0, 0.05) is 48.6 Å². The number of rotatable bonds is 4. The molecule has 1 atom stereocenters. The number of carbonyl (C=O) groups excluding carboxylic acids is 1. The lowest BCUT2D eigenvalue weighted by atomic mass is 10.2. The summed E-state index contributed by atoms with van der Waals surface area (Å²) in [4.78, 5) is 20.7. The van der Waals surface area contributed by atoms with E-state index in [-0.39, 0.29) is 11.7 Å². The zero-order valence-corrected chi connectivity index (χ0v) is 17.0. The predicted molar refractivity (Wildman–Crippen MR) is 114 cm³/mol. The quantitative estimate of drug-likeness (QED) is 0.780. The molecule has 0 unspecified atom stereocenters. The predicted octanol–water partition coefficient (Wildman–Crippen LogP) is 3.87. The lowest BCUT2D eigenvalue weighted by Crippen LogP contribution is -2.52. The number of carbonyl (C=O) groups is 1. The molecule has 2 aliphatic rings. The van der Waals surface area contributed by atoms with Gasteiger partial charge < -0.3 is 14.7 Å². The number of para-hydroxylation sites is 1. The topological polar surface area (TPSA) is 26.8 Å². The van der Waals surface area contributed by atoms with Gasteiger partial charge in [-0.1, -0.05) is 19.1 Å². The van der Waals surface area contributed by atoms with Crippen molar-refractivity contribution in [3.8, 4) is 0 Å². The zero-order valence-electron chi connectivity index (χ0n) is 16.2. The van der Waals surface area contributed by atoms with Crippen LogP contribution in [-0.4, -0.2) is 55.3 Å². The molecule has 0 saturated carbocycles. The lowest BCUT2D eigenvalue weighted by Gasteiger charge is -2.39. The molecule has 2 aliphatic heterocycles. The molecule has 0 bridgehead atoms. The van der Waals surface area contributed by atoms with Crippen molar-refractivity contribution >= 4 is 29.0 Å². The van der Waals surface area contributed by atoms with Crippen molar-refractivity contribution in [2.24, 2.45) is 0 Å². The molecular weight excluding hydrogens is 373 g/mol. The van der Waals surface area contributed by atoms with Crippen LogP contribution in [0.25, 0.3) is 0 Å². The maximum Gasteiger partial charge on any atom is 0.242 e. The highest BCUT2D eigenvalue weighted by Gasteiger charge is 2.28. The lowest BCUT2D eigenvalue weighted by molar-refractivity contribution is -0.130. The van der Waals surface area contributed by atoms with Gasteiger partial charge in [0.15, 0.2) is 0 Å². The van der Waals surface area contributed by atoms with Gasteiger partial charge in [0.05, 0.1) is 12.2 Å². The van der Waals surface area contributed by atoms with Crippen LogP contribution in [0.5, 0.6) is 0 Å². The van der Waals surface area contributed by atoms with Crippen LogP contribution in [-0.2, 0) is 4.79 Å². The number of amides is 1. The Balaban J connectivity index is 1.37. The van der Waals surface area contributed by atoms with Crippen LogP contribution in [0.4, 0.5) is 15.8 Å². The highest BCUT2D eigenvalue weighted by atomic mass is 32.2. The highest BCUT2D eigenvalue weighted by molar-refractivity contribution is 8.00. The van der Waals surface area contributed by atoms with E-state index in [0.29, 0.717) is 24.9 Å². The molecule has 0 aromatic heterocycles. The Bertz CT molecular complexity index is 821. The number of anilines is 2. The third kappa shape index (κ3) is 4.12. The SMILES string of the molecule is CC[C@@H]1CN(CC(=O)N2CCN(c3ccc(F)cc3)CC2)c2ccccc2S1. The minimum atomic E-state index is -0.220. The first-order chi connectivity index (χ1) is 13.6. The first-order valence-electron chi connectivity index (χ1n) is 9.93. The molecule has 2 aromatic rings. The van der Waals surface area contributed by atoms with E-state index >= 15 is 0 Å². The fraction of sp³-hybridized carbons (Fsp3) is 0.409. The summed E-state index contributed by atoms with van der Waals surface area (Å²) in [6, 6.07) is 15.0. The van der Waals surface area contributed by atoms with E-state index in [4.69, 9.17) is 0 Å². The first kappa shape index (κ1) is 19.1. The third-order valence-corrected chi connectivity index (χ3v) is 6.94. The standard InChI is InChI=1S/C22H26FN3OS/c1-2-19-15-26(20-5-3-4-6-21(20)28-19)16-22(27)25-13-11-24(12-14-25)18-9-7-17(23)8-10-18/h3-10,19H,2,11-16H2,1H3/t19-/m1/s1. The Hall–Kier alpha value is -2.21. The molecule has 4 nitrogen and oxygen atoms in total. The van der Waals surface area contributed by atoms with Gasteiger partial charge >= 0.3 is 0 Å². The monoisotopic (exact) mass is 399 g/mol. The second-order valence-electron chi connectivity index (χ2n) is 7.34. The summed E-state index contributed by atoms with van der Waals surface area (Å²) in [6.45, 7) is 6.53. The molecule has 148 valence electrons. The number of benzene rings is 2. The fourth-order valence-electron chi connectivity index (χ4n) is 3.87. The van der Waals surface area contributed by atoms with Crippen LogP contribution >= 0.6 is 11.8 Å². The van der Waals surface area contributed by atoms with Crippen LogP contribution in [0, 0.1) is 5.82 Å². The first-order valence-corrected chi connectivity index (χ1v) is 10.8. The van der Waals surface area contributed by atoms with Crippen LogP contribution in [0.2, 0.25) is 0 Å². The second-order valence-corrected chi connectivity index (χ2v) is 8.68. The molecule has 2 heterocycles. The smallest absolute Gasteiger partial charge is 0.242 e. The average molecular weight is 400 g/mol. The van der Waals surface area contributed by atoms with Crippen LogP contribution in [0.15, 0.2) is 53.4 Å². The fourth-order valence-corrected chi connectivity index (χ4v) is 5.13. The van der Waals surface area contributed by atoms with E-state index in [1.54, 1.807) is 12.1 Å². The number of hydrogen-bond acceptors (Lipinski definition) is 4. The summed E-state index contributed by atoms with van der Waals surface area (Å²) in [5, 5.41) is 0.526. The summed E-state index contributed by atoms with van der Waals surface area (Å²) in [6.07, 6.45) is 1.10. The van der Waals surface area contributed by atoms with Crippen molar-refractivity contribution in [2.45, 2.75) is 23.5 Å². The normalized spacial score (nSPS) is 19.5. The van der Waals surface area contributed by atoms with Crippen molar-refractivity contribution in [1.29, 1.82) is 0 Å². The van der Waals surface area contributed by atoms with Gasteiger partial charge in [-0.3, -0.25) is 4.79 Å². The van der Waals surface area contributed by atoms with Gasteiger partial charge in [-0.05, 0) is 42.8 Å². The van der Waals surface area contributed by atoms with E-state index in [2.05, 4.69) is 34.9 Å². The minimum absolute atomic E-state index is 0.190. The van der Waals surface area contributed by atoms with Crippen molar-refractivity contribution < 1.29 is 9.18 Å². The largest absolute Gasteiger partial charge is 0.368 e. The summed E-state index contributed by atoms with van der Waals surface area (Å²) < 4.78 is 13.1. The van der Waals surface area contributed by atoms with Crippen LogP contribution in [0.1, 0.15) is 13.3 Å². The van der Waals surface area contributed by atoms with Gasteiger partial charge in [0.1, 0.15) is 5.82 Å². The van der Waals surface area contributed by atoms with Crippen LogP contribution < -0.4 is 9.80 Å². The Morgan fingerprint density at radius 2 is 1.79 bits per heavy atom. The summed E-state index contributed by atoms with van der Waals surface area (Å²) in [7, 11) is 0. The average Bonchev–Trinajstić information content (AvgIpc) is 2.74. The number of thioether (sulfide) groups is 1. The van der Waals surface area contributed by atoms with Gasteiger partial charge in [0.25, 0.3) is 0 Å². The van der Waals surface area contributed by atoms with E-state index in [1.165, 1.54) is 22.7 Å². The Morgan fingerprint density at radius 3 is 2.50 bits per heavy atom. The maximum atomic E-state index is 13.1. The molecule has 4 rings (SSSR count). The number of hydrogen-bond donors (Lipinski definition) is 0. The second kappa shape index (κ2) is 8.43. The van der Waals surface area contributed by atoms with Crippen molar-refractivity contribution in [2.75, 3.05) is 49.1 Å². The van der Waals surface area contributed by atoms with Gasteiger partial charge in [0.2, 0.25) is 5.91 Å². The minimum Gasteiger partial charge on any atom is -0.368 e. The Morgan fingerprint density at radius 1 is 1.07 bits per heavy atom. The summed E-state index contributed by atoms with van der Waals surface area (Å²) in [5.41, 5.74) is 2.19. The number of piperazine rings is 1. The molecule has 0 aliphatic carbocycles.